The maximum Gasteiger partial charge on any atom is 0.254 e. The number of primary amides is 1. The number of rotatable bonds is 6. The molecule has 0 unspecified atom stereocenters. The van der Waals surface area contributed by atoms with Crippen LogP contribution in [0.25, 0.3) is 21.5 Å². The average Bonchev–Trinajstić information content (AvgIpc) is 2.78. The first-order valence-corrected chi connectivity index (χ1v) is 9.76. The number of fused-ring (bicyclic) bond motifs is 2. The third-order valence-electron chi connectivity index (χ3n) is 5.31. The number of carbonyl (C=O) groups is 2. The molecule has 150 valence electrons. The molecule has 5 nitrogen and oxygen atoms in total. The number of hydrogen-bond donors (Lipinski definition) is 3. The van der Waals surface area contributed by atoms with Gasteiger partial charge in [-0.05, 0) is 38.7 Å². The Bertz CT molecular complexity index is 1170. The Hall–Kier alpha value is -3.70. The van der Waals surface area contributed by atoms with Crippen LogP contribution in [0.3, 0.4) is 0 Å². The van der Waals surface area contributed by atoms with Gasteiger partial charge in [0.25, 0.3) is 5.91 Å². The second-order valence-electron chi connectivity index (χ2n) is 7.28. The van der Waals surface area contributed by atoms with Crippen LogP contribution in [0.4, 0.5) is 0 Å². The summed E-state index contributed by atoms with van der Waals surface area (Å²) in [6.45, 7) is 0. The van der Waals surface area contributed by atoms with Gasteiger partial charge in [0.15, 0.2) is 6.10 Å². The molecule has 4 aromatic rings. The molecule has 0 fully saturated rings. The normalized spacial score (nSPS) is 13.1. The molecule has 0 bridgehead atoms. The minimum absolute atomic E-state index is 0.227. The third kappa shape index (κ3) is 3.88. The molecular formula is C25H22N2O3. The maximum absolute atomic E-state index is 12.6. The predicted octanol–water partition coefficient (Wildman–Crippen LogP) is 3.24. The van der Waals surface area contributed by atoms with Crippen LogP contribution < -0.4 is 11.1 Å². The quantitative estimate of drug-likeness (QED) is 0.435. The van der Waals surface area contributed by atoms with Crippen molar-refractivity contribution in [2.24, 2.45) is 5.73 Å². The van der Waals surface area contributed by atoms with Crippen molar-refractivity contribution in [1.82, 2.24) is 5.32 Å². The van der Waals surface area contributed by atoms with E-state index in [0.717, 1.165) is 27.1 Å². The van der Waals surface area contributed by atoms with Crippen LogP contribution in [0.5, 0.6) is 0 Å². The van der Waals surface area contributed by atoms with Gasteiger partial charge in [-0.3, -0.25) is 9.59 Å². The van der Waals surface area contributed by atoms with Gasteiger partial charge >= 0.3 is 0 Å². The standard InChI is InChI=1S/C25H22N2O3/c26-24(29)22(27-25(30)23(28)16-8-2-1-3-9-16)15-21-19-12-6-4-10-17(19)14-18-11-5-7-13-20(18)21/h1-14,22-23,28H,15H2,(H2,26,29)(H,27,30)/t22-,23-/m0/s1. The number of carbonyl (C=O) groups excluding carboxylic acids is 2. The van der Waals surface area contributed by atoms with E-state index >= 15 is 0 Å². The summed E-state index contributed by atoms with van der Waals surface area (Å²) in [4.78, 5) is 24.8. The molecule has 0 radical (unpaired) electrons. The van der Waals surface area contributed by atoms with Gasteiger partial charge in [0.1, 0.15) is 6.04 Å². The molecule has 30 heavy (non-hydrogen) atoms. The van der Waals surface area contributed by atoms with Crippen LogP contribution in [0.15, 0.2) is 84.9 Å². The van der Waals surface area contributed by atoms with E-state index in [1.807, 2.05) is 48.5 Å². The molecule has 0 aliphatic carbocycles. The van der Waals surface area contributed by atoms with Gasteiger partial charge < -0.3 is 16.2 Å². The van der Waals surface area contributed by atoms with Crippen LogP contribution >= 0.6 is 0 Å². The molecule has 0 saturated heterocycles. The molecule has 0 aliphatic rings. The van der Waals surface area contributed by atoms with Gasteiger partial charge in [0.2, 0.25) is 5.91 Å². The summed E-state index contributed by atoms with van der Waals surface area (Å²) in [6.07, 6.45) is -1.15. The molecule has 4 aromatic carbocycles. The molecule has 0 heterocycles. The largest absolute Gasteiger partial charge is 0.378 e. The molecule has 2 atom stereocenters. The third-order valence-corrected chi connectivity index (χ3v) is 5.31. The van der Waals surface area contributed by atoms with Gasteiger partial charge in [-0.25, -0.2) is 0 Å². The molecule has 4 N–H and O–H groups in total. The molecule has 0 aromatic heterocycles. The summed E-state index contributed by atoms with van der Waals surface area (Å²) in [6, 6.07) is 25.6. The molecule has 0 aliphatic heterocycles. The van der Waals surface area contributed by atoms with Crippen LogP contribution in [0.1, 0.15) is 17.2 Å². The number of benzene rings is 4. The lowest BCUT2D eigenvalue weighted by Gasteiger charge is -2.20. The Balaban J connectivity index is 1.69. The Labute approximate surface area is 174 Å². The van der Waals surface area contributed by atoms with Crippen molar-refractivity contribution < 1.29 is 14.7 Å². The molecule has 2 amide bonds. The lowest BCUT2D eigenvalue weighted by Crippen LogP contribution is -2.47. The van der Waals surface area contributed by atoms with E-state index in [0.29, 0.717) is 5.56 Å². The zero-order valence-electron chi connectivity index (χ0n) is 16.3. The predicted molar refractivity (Wildman–Crippen MR) is 118 cm³/mol. The van der Waals surface area contributed by atoms with Crippen molar-refractivity contribution in [2.75, 3.05) is 0 Å². The molecular weight excluding hydrogens is 376 g/mol. The Morgan fingerprint density at radius 2 is 1.37 bits per heavy atom. The first-order valence-electron chi connectivity index (χ1n) is 9.76. The van der Waals surface area contributed by atoms with Crippen molar-refractivity contribution in [3.8, 4) is 0 Å². The van der Waals surface area contributed by atoms with Crippen molar-refractivity contribution in [3.05, 3.63) is 96.1 Å². The lowest BCUT2D eigenvalue weighted by atomic mass is 9.92. The van der Waals surface area contributed by atoms with Gasteiger partial charge in [-0.2, -0.15) is 0 Å². The molecule has 0 spiro atoms. The van der Waals surface area contributed by atoms with Crippen molar-refractivity contribution in [1.29, 1.82) is 0 Å². The number of aliphatic hydroxyl groups is 1. The fourth-order valence-corrected chi connectivity index (χ4v) is 3.79. The smallest absolute Gasteiger partial charge is 0.254 e. The topological polar surface area (TPSA) is 92.4 Å². The van der Waals surface area contributed by atoms with E-state index in [-0.39, 0.29) is 6.42 Å². The van der Waals surface area contributed by atoms with Crippen LogP contribution in [-0.2, 0) is 16.0 Å². The van der Waals surface area contributed by atoms with Gasteiger partial charge in [0, 0.05) is 6.42 Å². The highest BCUT2D eigenvalue weighted by atomic mass is 16.3. The summed E-state index contributed by atoms with van der Waals surface area (Å²) in [7, 11) is 0. The number of aliphatic hydroxyl groups excluding tert-OH is 1. The number of nitrogens with two attached hydrogens (primary N) is 1. The van der Waals surface area contributed by atoms with Crippen LogP contribution in [0.2, 0.25) is 0 Å². The van der Waals surface area contributed by atoms with Gasteiger partial charge in [-0.15, -0.1) is 0 Å². The van der Waals surface area contributed by atoms with E-state index in [9.17, 15) is 14.7 Å². The Morgan fingerprint density at radius 1 is 0.833 bits per heavy atom. The highest BCUT2D eigenvalue weighted by Gasteiger charge is 2.25. The fourth-order valence-electron chi connectivity index (χ4n) is 3.79. The summed E-state index contributed by atoms with van der Waals surface area (Å²) in [5.41, 5.74) is 7.01. The van der Waals surface area contributed by atoms with E-state index in [1.54, 1.807) is 30.3 Å². The van der Waals surface area contributed by atoms with Crippen LogP contribution in [-0.4, -0.2) is 23.0 Å². The summed E-state index contributed by atoms with van der Waals surface area (Å²) in [5.74, 6) is -1.31. The van der Waals surface area contributed by atoms with Gasteiger partial charge in [-0.1, -0.05) is 78.9 Å². The highest BCUT2D eigenvalue weighted by Crippen LogP contribution is 2.29. The van der Waals surface area contributed by atoms with Crippen molar-refractivity contribution in [3.63, 3.8) is 0 Å². The van der Waals surface area contributed by atoms with E-state index in [4.69, 9.17) is 5.73 Å². The summed E-state index contributed by atoms with van der Waals surface area (Å²) >= 11 is 0. The van der Waals surface area contributed by atoms with E-state index < -0.39 is 24.0 Å². The lowest BCUT2D eigenvalue weighted by molar-refractivity contribution is -0.133. The minimum atomic E-state index is -1.38. The second kappa shape index (κ2) is 8.35. The monoisotopic (exact) mass is 398 g/mol. The molecule has 0 saturated carbocycles. The van der Waals surface area contributed by atoms with E-state index in [1.165, 1.54) is 0 Å². The molecule has 5 heteroatoms. The molecule has 4 rings (SSSR count). The van der Waals surface area contributed by atoms with Gasteiger partial charge in [0.05, 0.1) is 0 Å². The zero-order chi connectivity index (χ0) is 21.1. The van der Waals surface area contributed by atoms with E-state index in [2.05, 4.69) is 11.4 Å². The first kappa shape index (κ1) is 19.6. The summed E-state index contributed by atoms with van der Waals surface area (Å²) < 4.78 is 0. The summed E-state index contributed by atoms with van der Waals surface area (Å²) in [5, 5.41) is 17.1. The van der Waals surface area contributed by atoms with Crippen LogP contribution in [0, 0.1) is 0 Å². The Kier molecular flexibility index (Phi) is 5.46. The maximum atomic E-state index is 12.6. The van der Waals surface area contributed by atoms with Crippen molar-refractivity contribution in [2.45, 2.75) is 18.6 Å². The highest BCUT2D eigenvalue weighted by molar-refractivity contribution is 6.03. The number of nitrogens with one attached hydrogen (secondary N) is 1. The fraction of sp³-hybridized carbons (Fsp3) is 0.120. The number of amides is 2. The Morgan fingerprint density at radius 3 is 1.93 bits per heavy atom. The first-order chi connectivity index (χ1) is 14.5. The second-order valence-corrected chi connectivity index (χ2v) is 7.28. The number of hydrogen-bond acceptors (Lipinski definition) is 3. The van der Waals surface area contributed by atoms with Crippen molar-refractivity contribution >= 4 is 33.4 Å². The average molecular weight is 398 g/mol. The zero-order valence-corrected chi connectivity index (χ0v) is 16.3. The SMILES string of the molecule is NC(=O)[C@H](Cc1c2ccccc2cc2ccccc12)NC(=O)[C@@H](O)c1ccccc1. The minimum Gasteiger partial charge on any atom is -0.378 e.